The number of hydrogen-bond acceptors (Lipinski definition) is 4. The van der Waals surface area contributed by atoms with Crippen LogP contribution in [0.15, 0.2) is 29.2 Å². The highest BCUT2D eigenvalue weighted by Crippen LogP contribution is 2.17. The topological polar surface area (TPSA) is 110 Å². The van der Waals surface area contributed by atoms with E-state index in [2.05, 4.69) is 4.72 Å². The molecule has 9 heteroatoms. The van der Waals surface area contributed by atoms with Crippen molar-refractivity contribution in [2.45, 2.75) is 17.7 Å². The Balaban J connectivity index is 1.89. The monoisotopic (exact) mass is 359 g/mol. The summed E-state index contributed by atoms with van der Waals surface area (Å²) in [4.78, 5) is 24.7. The van der Waals surface area contributed by atoms with Crippen LogP contribution in [0.5, 0.6) is 0 Å². The summed E-state index contributed by atoms with van der Waals surface area (Å²) in [5, 5.41) is 0.428. The van der Waals surface area contributed by atoms with Crippen molar-refractivity contribution in [2.24, 2.45) is 11.7 Å². The van der Waals surface area contributed by atoms with Crippen molar-refractivity contribution in [3.63, 3.8) is 0 Å². The molecule has 0 unspecified atom stereocenters. The highest BCUT2D eigenvalue weighted by atomic mass is 35.5. The normalized spacial score (nSPS) is 16.3. The average Bonchev–Trinajstić information content (AvgIpc) is 2.53. The van der Waals surface area contributed by atoms with Gasteiger partial charge in [0.2, 0.25) is 21.8 Å². The highest BCUT2D eigenvalue weighted by molar-refractivity contribution is 7.89. The van der Waals surface area contributed by atoms with Crippen LogP contribution in [0.3, 0.4) is 0 Å². The minimum atomic E-state index is -3.77. The first-order valence-corrected chi connectivity index (χ1v) is 8.98. The van der Waals surface area contributed by atoms with Gasteiger partial charge in [0.15, 0.2) is 0 Å². The van der Waals surface area contributed by atoms with Gasteiger partial charge in [0.1, 0.15) is 0 Å². The van der Waals surface area contributed by atoms with Crippen LogP contribution in [-0.4, -0.2) is 44.8 Å². The molecule has 1 saturated heterocycles. The van der Waals surface area contributed by atoms with Crippen molar-refractivity contribution >= 4 is 33.4 Å². The van der Waals surface area contributed by atoms with Crippen molar-refractivity contribution in [3.8, 4) is 0 Å². The fraction of sp³-hybridized carbons (Fsp3) is 0.429. The molecule has 1 aromatic rings. The van der Waals surface area contributed by atoms with Gasteiger partial charge in [-0.3, -0.25) is 9.59 Å². The van der Waals surface area contributed by atoms with Crippen molar-refractivity contribution in [2.75, 3.05) is 19.6 Å². The molecule has 0 aromatic heterocycles. The van der Waals surface area contributed by atoms with Crippen LogP contribution in [0.25, 0.3) is 0 Å². The van der Waals surface area contributed by atoms with Gasteiger partial charge in [-0.05, 0) is 37.1 Å². The minimum absolute atomic E-state index is 0.0436. The number of halogens is 1. The van der Waals surface area contributed by atoms with Gasteiger partial charge in [-0.15, -0.1) is 0 Å². The number of nitrogens with two attached hydrogens (primary N) is 1. The fourth-order valence-corrected chi connectivity index (χ4v) is 3.48. The number of amides is 2. The summed E-state index contributed by atoms with van der Waals surface area (Å²) in [5.41, 5.74) is 5.24. The number of hydrogen-bond donors (Lipinski definition) is 2. The zero-order valence-electron chi connectivity index (χ0n) is 12.4. The first-order valence-electron chi connectivity index (χ1n) is 7.12. The Morgan fingerprint density at radius 2 is 1.78 bits per heavy atom. The summed E-state index contributed by atoms with van der Waals surface area (Å²) in [6.45, 7) is 0.469. The van der Waals surface area contributed by atoms with Gasteiger partial charge in [0, 0.05) is 24.0 Å². The van der Waals surface area contributed by atoms with Crippen LogP contribution < -0.4 is 10.5 Å². The number of carbonyl (C=O) groups is 2. The molecule has 1 heterocycles. The Labute approximate surface area is 139 Å². The minimum Gasteiger partial charge on any atom is -0.369 e. The molecule has 2 amide bonds. The van der Waals surface area contributed by atoms with E-state index in [1.807, 2.05) is 0 Å². The molecular formula is C14H18ClN3O4S. The quantitative estimate of drug-likeness (QED) is 0.790. The lowest BCUT2D eigenvalue weighted by Gasteiger charge is -2.30. The van der Waals surface area contributed by atoms with Crippen molar-refractivity contribution in [1.82, 2.24) is 9.62 Å². The molecule has 0 spiro atoms. The van der Waals surface area contributed by atoms with Gasteiger partial charge in [0.05, 0.1) is 11.4 Å². The number of piperidine rings is 1. The standard InChI is InChI=1S/C14H18ClN3O4S/c15-11-1-3-12(4-2-11)23(21,22)17-9-13(19)18-7-5-10(6-8-18)14(16)20/h1-4,10,17H,5-9H2,(H2,16,20). The maximum Gasteiger partial charge on any atom is 0.241 e. The third kappa shape index (κ3) is 4.66. The average molecular weight is 360 g/mol. The van der Waals surface area contributed by atoms with E-state index in [4.69, 9.17) is 17.3 Å². The lowest BCUT2D eigenvalue weighted by Crippen LogP contribution is -2.45. The Hall–Kier alpha value is -1.64. The molecule has 1 fully saturated rings. The van der Waals surface area contributed by atoms with Gasteiger partial charge >= 0.3 is 0 Å². The van der Waals surface area contributed by atoms with E-state index >= 15 is 0 Å². The second-order valence-corrected chi connectivity index (χ2v) is 7.54. The maximum absolute atomic E-state index is 12.1. The van der Waals surface area contributed by atoms with E-state index in [0.29, 0.717) is 31.0 Å². The van der Waals surface area contributed by atoms with E-state index in [0.717, 1.165) is 0 Å². The molecule has 7 nitrogen and oxygen atoms in total. The SMILES string of the molecule is NC(=O)C1CCN(C(=O)CNS(=O)(=O)c2ccc(Cl)cc2)CC1. The second kappa shape index (κ2) is 7.29. The van der Waals surface area contributed by atoms with Crippen molar-refractivity contribution in [1.29, 1.82) is 0 Å². The number of rotatable bonds is 5. The largest absolute Gasteiger partial charge is 0.369 e. The zero-order valence-corrected chi connectivity index (χ0v) is 13.9. The van der Waals surface area contributed by atoms with Gasteiger partial charge in [-0.25, -0.2) is 13.1 Å². The van der Waals surface area contributed by atoms with Crippen LogP contribution in [0, 0.1) is 5.92 Å². The maximum atomic E-state index is 12.1. The molecule has 126 valence electrons. The van der Waals surface area contributed by atoms with Crippen LogP contribution in [-0.2, 0) is 19.6 Å². The van der Waals surface area contributed by atoms with Gasteiger partial charge in [-0.1, -0.05) is 11.6 Å². The van der Waals surface area contributed by atoms with E-state index in [9.17, 15) is 18.0 Å². The number of likely N-dealkylation sites (tertiary alicyclic amines) is 1. The van der Waals surface area contributed by atoms with E-state index in [1.165, 1.54) is 29.2 Å². The molecular weight excluding hydrogens is 342 g/mol. The molecule has 0 aliphatic carbocycles. The lowest BCUT2D eigenvalue weighted by atomic mass is 9.96. The summed E-state index contributed by atoms with van der Waals surface area (Å²) < 4.78 is 26.4. The number of benzene rings is 1. The molecule has 1 aliphatic rings. The number of sulfonamides is 1. The van der Waals surface area contributed by atoms with E-state index in [1.54, 1.807) is 0 Å². The third-order valence-electron chi connectivity index (χ3n) is 3.79. The summed E-state index contributed by atoms with van der Waals surface area (Å²) in [6, 6.07) is 5.67. The van der Waals surface area contributed by atoms with Crippen LogP contribution in [0.4, 0.5) is 0 Å². The number of nitrogens with zero attached hydrogens (tertiary/aromatic N) is 1. The predicted molar refractivity (Wildman–Crippen MR) is 85.1 cm³/mol. The molecule has 0 bridgehead atoms. The fourth-order valence-electron chi connectivity index (χ4n) is 2.38. The van der Waals surface area contributed by atoms with E-state index < -0.39 is 10.0 Å². The Kier molecular flexibility index (Phi) is 5.61. The number of carbonyl (C=O) groups excluding carboxylic acids is 2. The molecule has 1 aliphatic heterocycles. The zero-order chi connectivity index (χ0) is 17.0. The van der Waals surface area contributed by atoms with Crippen LogP contribution in [0.2, 0.25) is 5.02 Å². The Morgan fingerprint density at radius 3 is 2.30 bits per heavy atom. The molecule has 2 rings (SSSR count). The molecule has 3 N–H and O–H groups in total. The Morgan fingerprint density at radius 1 is 1.22 bits per heavy atom. The van der Waals surface area contributed by atoms with Gasteiger partial charge in [0.25, 0.3) is 0 Å². The van der Waals surface area contributed by atoms with Gasteiger partial charge in [-0.2, -0.15) is 0 Å². The van der Waals surface area contributed by atoms with Crippen LogP contribution in [0.1, 0.15) is 12.8 Å². The molecule has 0 radical (unpaired) electrons. The number of primary amides is 1. The summed E-state index contributed by atoms with van der Waals surface area (Å²) in [6.07, 6.45) is 1.01. The molecule has 0 saturated carbocycles. The molecule has 1 aromatic carbocycles. The first-order chi connectivity index (χ1) is 10.8. The van der Waals surface area contributed by atoms with Crippen LogP contribution >= 0.6 is 11.6 Å². The Bertz CT molecular complexity index is 682. The van der Waals surface area contributed by atoms with Gasteiger partial charge < -0.3 is 10.6 Å². The molecule has 23 heavy (non-hydrogen) atoms. The first kappa shape index (κ1) is 17.7. The summed E-state index contributed by atoms with van der Waals surface area (Å²) >= 11 is 5.72. The highest BCUT2D eigenvalue weighted by Gasteiger charge is 2.26. The third-order valence-corrected chi connectivity index (χ3v) is 5.46. The predicted octanol–water partition coefficient (Wildman–Crippen LogP) is 0.342. The number of nitrogens with one attached hydrogen (secondary N) is 1. The summed E-state index contributed by atoms with van der Waals surface area (Å²) in [7, 11) is -3.77. The molecule has 0 atom stereocenters. The smallest absolute Gasteiger partial charge is 0.241 e. The summed E-state index contributed by atoms with van der Waals surface area (Å²) in [5.74, 6) is -0.907. The van der Waals surface area contributed by atoms with Crippen molar-refractivity contribution in [3.05, 3.63) is 29.3 Å². The second-order valence-electron chi connectivity index (χ2n) is 5.34. The van der Waals surface area contributed by atoms with E-state index in [-0.39, 0.29) is 29.2 Å². The lowest BCUT2D eigenvalue weighted by molar-refractivity contribution is -0.133. The van der Waals surface area contributed by atoms with Crippen molar-refractivity contribution < 1.29 is 18.0 Å².